The van der Waals surface area contributed by atoms with Crippen LogP contribution in [0.3, 0.4) is 0 Å². The average Bonchev–Trinajstić information content (AvgIpc) is 2.55. The Morgan fingerprint density at radius 2 is 1.71 bits per heavy atom. The first-order valence-electron chi connectivity index (χ1n) is 7.15. The molecular weight excluding hydrogens is 374 g/mol. The van der Waals surface area contributed by atoms with E-state index in [2.05, 4.69) is 31.9 Å². The van der Waals surface area contributed by atoms with E-state index in [1.54, 1.807) is 48.5 Å². The summed E-state index contributed by atoms with van der Waals surface area (Å²) < 4.78 is 0.890. The van der Waals surface area contributed by atoms with Crippen LogP contribution < -0.4 is 16.0 Å². The van der Waals surface area contributed by atoms with Crippen molar-refractivity contribution >= 4 is 45.0 Å². The standard InChI is InChI=1S/C17H16BrN3O3/c1-11(22)12-3-2-4-15(9-12)19-10-16(23)21-17(24)20-14-7-5-13(18)6-8-14/h2-9,19H,10H2,1H3,(H2,20,21,23,24). The van der Waals surface area contributed by atoms with Gasteiger partial charge in [-0.15, -0.1) is 0 Å². The molecule has 0 saturated heterocycles. The van der Waals surface area contributed by atoms with Crippen molar-refractivity contribution in [2.75, 3.05) is 17.2 Å². The van der Waals surface area contributed by atoms with Gasteiger partial charge in [-0.05, 0) is 43.3 Å². The summed E-state index contributed by atoms with van der Waals surface area (Å²) in [5.41, 5.74) is 1.75. The number of ketones is 1. The minimum Gasteiger partial charge on any atom is -0.376 e. The van der Waals surface area contributed by atoms with Gasteiger partial charge >= 0.3 is 6.03 Å². The molecule has 2 rings (SSSR count). The lowest BCUT2D eigenvalue weighted by Gasteiger charge is -2.09. The third kappa shape index (κ3) is 5.51. The predicted molar refractivity (Wildman–Crippen MR) is 96.2 cm³/mol. The number of hydrogen-bond donors (Lipinski definition) is 3. The molecule has 0 aliphatic rings. The van der Waals surface area contributed by atoms with Gasteiger partial charge in [-0.25, -0.2) is 4.79 Å². The van der Waals surface area contributed by atoms with Crippen molar-refractivity contribution in [3.63, 3.8) is 0 Å². The zero-order valence-corrected chi connectivity index (χ0v) is 14.5. The summed E-state index contributed by atoms with van der Waals surface area (Å²) in [5.74, 6) is -0.546. The van der Waals surface area contributed by atoms with Gasteiger partial charge in [0.15, 0.2) is 5.78 Å². The van der Waals surface area contributed by atoms with Gasteiger partial charge in [0.1, 0.15) is 0 Å². The lowest BCUT2D eigenvalue weighted by atomic mass is 10.1. The number of hydrogen-bond acceptors (Lipinski definition) is 4. The molecule has 0 fully saturated rings. The molecule has 0 aliphatic heterocycles. The molecule has 0 aliphatic carbocycles. The summed E-state index contributed by atoms with van der Waals surface area (Å²) in [6.07, 6.45) is 0. The SMILES string of the molecule is CC(=O)c1cccc(NCC(=O)NC(=O)Nc2ccc(Br)cc2)c1. The Hall–Kier alpha value is -2.67. The molecule has 0 radical (unpaired) electrons. The average molecular weight is 390 g/mol. The van der Waals surface area contributed by atoms with Crippen LogP contribution in [0.2, 0.25) is 0 Å². The van der Waals surface area contributed by atoms with Gasteiger partial charge in [-0.1, -0.05) is 28.1 Å². The van der Waals surface area contributed by atoms with Crippen LogP contribution in [0.25, 0.3) is 0 Å². The molecule has 124 valence electrons. The quantitative estimate of drug-likeness (QED) is 0.683. The molecule has 0 saturated carbocycles. The van der Waals surface area contributed by atoms with Crippen molar-refractivity contribution in [2.45, 2.75) is 6.92 Å². The normalized spacial score (nSPS) is 9.92. The Bertz CT molecular complexity index is 760. The van der Waals surface area contributed by atoms with Crippen LogP contribution in [0.5, 0.6) is 0 Å². The summed E-state index contributed by atoms with van der Waals surface area (Å²) in [6.45, 7) is 1.38. The number of carbonyl (C=O) groups is 3. The molecular formula is C17H16BrN3O3. The second kappa shape index (κ2) is 8.26. The minimum absolute atomic E-state index is 0.0584. The van der Waals surface area contributed by atoms with Gasteiger partial charge in [0.2, 0.25) is 5.91 Å². The van der Waals surface area contributed by atoms with Crippen LogP contribution in [-0.4, -0.2) is 24.3 Å². The number of halogens is 1. The van der Waals surface area contributed by atoms with Crippen molar-refractivity contribution in [3.8, 4) is 0 Å². The molecule has 2 aromatic rings. The number of benzene rings is 2. The van der Waals surface area contributed by atoms with Gasteiger partial charge < -0.3 is 10.6 Å². The van der Waals surface area contributed by atoms with E-state index in [4.69, 9.17) is 0 Å². The van der Waals surface area contributed by atoms with Gasteiger partial charge in [0, 0.05) is 21.4 Å². The first kappa shape index (κ1) is 17.7. The second-order valence-corrected chi connectivity index (χ2v) is 5.92. The first-order chi connectivity index (χ1) is 11.4. The molecule has 2 aromatic carbocycles. The van der Waals surface area contributed by atoms with Gasteiger partial charge in [0.25, 0.3) is 0 Å². The maximum absolute atomic E-state index is 11.8. The molecule has 6 nitrogen and oxygen atoms in total. The Morgan fingerprint density at radius 1 is 1.00 bits per heavy atom. The van der Waals surface area contributed by atoms with Crippen molar-refractivity contribution in [3.05, 3.63) is 58.6 Å². The van der Waals surface area contributed by atoms with Crippen molar-refractivity contribution in [2.24, 2.45) is 0 Å². The molecule has 0 atom stereocenters. The fourth-order valence-corrected chi connectivity index (χ4v) is 2.16. The van der Waals surface area contributed by atoms with E-state index in [0.717, 1.165) is 4.47 Å². The van der Waals surface area contributed by atoms with Crippen molar-refractivity contribution in [1.82, 2.24) is 5.32 Å². The minimum atomic E-state index is -0.610. The number of nitrogens with one attached hydrogen (secondary N) is 3. The summed E-state index contributed by atoms with van der Waals surface area (Å²) in [5, 5.41) is 7.64. The number of anilines is 2. The fraction of sp³-hybridized carbons (Fsp3) is 0.118. The van der Waals surface area contributed by atoms with E-state index in [0.29, 0.717) is 16.9 Å². The summed E-state index contributed by atoms with van der Waals surface area (Å²) >= 11 is 3.30. The number of amides is 3. The Balaban J connectivity index is 1.82. The summed E-state index contributed by atoms with van der Waals surface area (Å²) in [7, 11) is 0. The maximum Gasteiger partial charge on any atom is 0.325 e. The zero-order chi connectivity index (χ0) is 17.5. The van der Waals surface area contributed by atoms with Crippen molar-refractivity contribution in [1.29, 1.82) is 0 Å². The Kier molecular flexibility index (Phi) is 6.08. The van der Waals surface area contributed by atoms with E-state index in [-0.39, 0.29) is 12.3 Å². The van der Waals surface area contributed by atoms with E-state index in [1.807, 2.05) is 0 Å². The smallest absolute Gasteiger partial charge is 0.325 e. The molecule has 0 heterocycles. The van der Waals surface area contributed by atoms with E-state index in [1.165, 1.54) is 6.92 Å². The van der Waals surface area contributed by atoms with E-state index < -0.39 is 11.9 Å². The molecule has 0 unspecified atom stereocenters. The summed E-state index contributed by atoms with van der Waals surface area (Å²) in [4.78, 5) is 34.8. The largest absolute Gasteiger partial charge is 0.376 e. The molecule has 3 amide bonds. The first-order valence-corrected chi connectivity index (χ1v) is 7.94. The molecule has 0 bridgehead atoms. The molecule has 7 heteroatoms. The molecule has 24 heavy (non-hydrogen) atoms. The highest BCUT2D eigenvalue weighted by molar-refractivity contribution is 9.10. The monoisotopic (exact) mass is 389 g/mol. The van der Waals surface area contributed by atoms with Crippen molar-refractivity contribution < 1.29 is 14.4 Å². The topological polar surface area (TPSA) is 87.3 Å². The molecule has 0 spiro atoms. The maximum atomic E-state index is 11.8. The number of carbonyl (C=O) groups excluding carboxylic acids is 3. The lowest BCUT2D eigenvalue weighted by molar-refractivity contribution is -0.118. The van der Waals surface area contributed by atoms with Crippen LogP contribution in [0.15, 0.2) is 53.0 Å². The Morgan fingerprint density at radius 3 is 2.38 bits per heavy atom. The third-order valence-electron chi connectivity index (χ3n) is 3.08. The van der Waals surface area contributed by atoms with Crippen LogP contribution in [0, 0.1) is 0 Å². The third-order valence-corrected chi connectivity index (χ3v) is 3.61. The van der Waals surface area contributed by atoms with Gasteiger partial charge in [-0.2, -0.15) is 0 Å². The Labute approximate surface area is 147 Å². The fourth-order valence-electron chi connectivity index (χ4n) is 1.90. The zero-order valence-electron chi connectivity index (χ0n) is 12.9. The number of urea groups is 1. The van der Waals surface area contributed by atoms with Crippen LogP contribution in [-0.2, 0) is 4.79 Å². The van der Waals surface area contributed by atoms with E-state index >= 15 is 0 Å². The molecule has 0 aromatic heterocycles. The van der Waals surface area contributed by atoms with Crippen LogP contribution in [0.4, 0.5) is 16.2 Å². The van der Waals surface area contributed by atoms with Gasteiger partial charge in [0.05, 0.1) is 6.54 Å². The van der Waals surface area contributed by atoms with Crippen LogP contribution in [0.1, 0.15) is 17.3 Å². The number of rotatable bonds is 5. The molecule has 3 N–H and O–H groups in total. The highest BCUT2D eigenvalue weighted by atomic mass is 79.9. The number of Topliss-reactive ketones (excluding diaryl/α,β-unsaturated/α-hetero) is 1. The predicted octanol–water partition coefficient (Wildman–Crippen LogP) is 3.41. The second-order valence-electron chi connectivity index (χ2n) is 5.00. The number of imide groups is 1. The van der Waals surface area contributed by atoms with Crippen LogP contribution >= 0.6 is 15.9 Å². The van der Waals surface area contributed by atoms with Gasteiger partial charge in [-0.3, -0.25) is 14.9 Å². The van der Waals surface area contributed by atoms with E-state index in [9.17, 15) is 14.4 Å². The highest BCUT2D eigenvalue weighted by Crippen LogP contribution is 2.14. The summed E-state index contributed by atoms with van der Waals surface area (Å²) in [6, 6.07) is 13.2. The lowest BCUT2D eigenvalue weighted by Crippen LogP contribution is -2.37. The highest BCUT2D eigenvalue weighted by Gasteiger charge is 2.08.